The first-order valence-corrected chi connectivity index (χ1v) is 3.70. The van der Waals surface area contributed by atoms with Gasteiger partial charge in [-0.05, 0) is 19.9 Å². The smallest absolute Gasteiger partial charge is 0.0921 e. The molecule has 0 aromatic carbocycles. The van der Waals surface area contributed by atoms with Crippen molar-refractivity contribution in [3.05, 3.63) is 36.2 Å². The summed E-state index contributed by atoms with van der Waals surface area (Å²) in [5.41, 5.74) is 2.21. The van der Waals surface area contributed by atoms with Crippen molar-refractivity contribution >= 4 is 0 Å². The van der Waals surface area contributed by atoms with E-state index >= 15 is 0 Å². The average molecular weight is 180 g/mol. The van der Waals surface area contributed by atoms with Crippen molar-refractivity contribution in [1.82, 2.24) is 20.2 Å². The Labute approximate surface area is 78.4 Å². The molecule has 0 radical (unpaired) electrons. The highest BCUT2D eigenvalue weighted by atomic mass is 15.1. The standard InChI is InChI=1S/2C4H6N2.CH4/c1-4-2-5-3-6-4;1-4-2-3-5-6-4;/h2*2-3H,1H3,(H,5,6);1H4. The lowest BCUT2D eigenvalue weighted by molar-refractivity contribution is 1.05. The predicted octanol–water partition coefficient (Wildman–Crippen LogP) is 2.07. The molecule has 0 saturated heterocycles. The lowest BCUT2D eigenvalue weighted by Gasteiger charge is -1.68. The zero-order valence-corrected chi connectivity index (χ0v) is 7.20. The van der Waals surface area contributed by atoms with Gasteiger partial charge in [-0.2, -0.15) is 5.10 Å². The van der Waals surface area contributed by atoms with E-state index in [1.165, 1.54) is 0 Å². The van der Waals surface area contributed by atoms with Crippen LogP contribution in [0.2, 0.25) is 0 Å². The Balaban J connectivity index is 0.000000206. The molecule has 4 nitrogen and oxygen atoms in total. The van der Waals surface area contributed by atoms with Crippen LogP contribution in [0.4, 0.5) is 0 Å². The number of H-pyrrole nitrogens is 2. The molecule has 0 atom stereocenters. The van der Waals surface area contributed by atoms with E-state index in [2.05, 4.69) is 20.2 Å². The summed E-state index contributed by atoms with van der Waals surface area (Å²) in [6.45, 7) is 3.93. The van der Waals surface area contributed by atoms with Gasteiger partial charge in [-0.25, -0.2) is 4.98 Å². The zero-order valence-electron chi connectivity index (χ0n) is 7.20. The number of rotatable bonds is 0. The van der Waals surface area contributed by atoms with E-state index in [4.69, 9.17) is 0 Å². The second kappa shape index (κ2) is 5.99. The van der Waals surface area contributed by atoms with Crippen LogP contribution in [0.15, 0.2) is 24.8 Å². The topological polar surface area (TPSA) is 57.4 Å². The van der Waals surface area contributed by atoms with Crippen LogP contribution in [0.25, 0.3) is 0 Å². The maximum absolute atomic E-state index is 3.77. The summed E-state index contributed by atoms with van der Waals surface area (Å²) >= 11 is 0. The summed E-state index contributed by atoms with van der Waals surface area (Å²) in [4.78, 5) is 6.66. The van der Waals surface area contributed by atoms with Crippen LogP contribution in [0.5, 0.6) is 0 Å². The second-order valence-electron chi connectivity index (χ2n) is 2.47. The van der Waals surface area contributed by atoms with E-state index in [1.54, 1.807) is 18.7 Å². The second-order valence-corrected chi connectivity index (χ2v) is 2.47. The molecule has 0 fully saturated rings. The van der Waals surface area contributed by atoms with Gasteiger partial charge in [-0.15, -0.1) is 0 Å². The average Bonchev–Trinajstić information content (AvgIpc) is 2.63. The summed E-state index contributed by atoms with van der Waals surface area (Å²) in [6, 6.07) is 1.92. The number of aromatic amines is 2. The van der Waals surface area contributed by atoms with Crippen LogP contribution < -0.4 is 0 Å². The summed E-state index contributed by atoms with van der Waals surface area (Å²) in [6.07, 6.45) is 5.17. The Bertz CT molecular complexity index is 251. The Morgan fingerprint density at radius 1 is 1.23 bits per heavy atom. The van der Waals surface area contributed by atoms with Crippen molar-refractivity contribution < 1.29 is 0 Å². The Morgan fingerprint density at radius 2 is 2.00 bits per heavy atom. The molecule has 2 heterocycles. The number of aryl methyl sites for hydroxylation is 2. The first kappa shape index (κ1) is 11.4. The predicted molar refractivity (Wildman–Crippen MR) is 53.4 cm³/mol. The van der Waals surface area contributed by atoms with Gasteiger partial charge in [0.25, 0.3) is 0 Å². The van der Waals surface area contributed by atoms with Gasteiger partial charge in [0.15, 0.2) is 0 Å². The molecule has 0 saturated carbocycles. The van der Waals surface area contributed by atoms with Crippen LogP contribution >= 0.6 is 0 Å². The van der Waals surface area contributed by atoms with E-state index in [0.717, 1.165) is 11.4 Å². The van der Waals surface area contributed by atoms with Gasteiger partial charge in [-0.3, -0.25) is 5.10 Å². The molecule has 72 valence electrons. The van der Waals surface area contributed by atoms with Crippen LogP contribution in [0, 0.1) is 13.8 Å². The normalized spacial score (nSPS) is 8.15. The highest BCUT2D eigenvalue weighted by Crippen LogP contribution is 1.82. The number of imidazole rings is 1. The maximum atomic E-state index is 3.77. The van der Waals surface area contributed by atoms with Crippen molar-refractivity contribution in [2.45, 2.75) is 21.3 Å². The molecule has 2 rings (SSSR count). The van der Waals surface area contributed by atoms with Crippen LogP contribution in [-0.2, 0) is 0 Å². The zero-order chi connectivity index (χ0) is 8.81. The number of hydrogen-bond acceptors (Lipinski definition) is 2. The van der Waals surface area contributed by atoms with Gasteiger partial charge in [0.1, 0.15) is 0 Å². The Kier molecular flexibility index (Phi) is 5.27. The summed E-state index contributed by atoms with van der Waals surface area (Å²) < 4.78 is 0. The lowest BCUT2D eigenvalue weighted by atomic mass is 10.5. The Morgan fingerprint density at radius 3 is 2.15 bits per heavy atom. The fourth-order valence-electron chi connectivity index (χ4n) is 0.651. The van der Waals surface area contributed by atoms with Gasteiger partial charge in [0, 0.05) is 23.8 Å². The van der Waals surface area contributed by atoms with E-state index in [-0.39, 0.29) is 7.43 Å². The molecule has 13 heavy (non-hydrogen) atoms. The number of nitrogens with one attached hydrogen (secondary N) is 2. The molecule has 2 aromatic heterocycles. The molecule has 2 N–H and O–H groups in total. The molecule has 2 aromatic rings. The molecular weight excluding hydrogens is 164 g/mol. The third-order valence-corrected chi connectivity index (χ3v) is 1.27. The SMILES string of the molecule is C.Cc1ccn[nH]1.Cc1cnc[nH]1. The molecule has 0 amide bonds. The first-order valence-electron chi connectivity index (χ1n) is 3.70. The molecule has 0 aliphatic rings. The van der Waals surface area contributed by atoms with E-state index in [9.17, 15) is 0 Å². The third kappa shape index (κ3) is 4.79. The van der Waals surface area contributed by atoms with Crippen molar-refractivity contribution in [3.8, 4) is 0 Å². The van der Waals surface area contributed by atoms with Gasteiger partial charge in [0.05, 0.1) is 6.33 Å². The quantitative estimate of drug-likeness (QED) is 0.652. The van der Waals surface area contributed by atoms with Gasteiger partial charge < -0.3 is 4.98 Å². The van der Waals surface area contributed by atoms with Crippen molar-refractivity contribution in [2.75, 3.05) is 0 Å². The highest BCUT2D eigenvalue weighted by Gasteiger charge is 1.74. The first-order chi connectivity index (χ1) is 5.79. The minimum Gasteiger partial charge on any atom is -0.349 e. The van der Waals surface area contributed by atoms with Gasteiger partial charge >= 0.3 is 0 Å². The van der Waals surface area contributed by atoms with Crippen LogP contribution in [-0.4, -0.2) is 20.2 Å². The molecule has 0 aliphatic heterocycles. The fraction of sp³-hybridized carbons (Fsp3) is 0.333. The lowest BCUT2D eigenvalue weighted by Crippen LogP contribution is -1.65. The molecule has 0 spiro atoms. The van der Waals surface area contributed by atoms with Crippen molar-refractivity contribution in [2.24, 2.45) is 0 Å². The summed E-state index contributed by atoms with van der Waals surface area (Å²) in [7, 11) is 0. The van der Waals surface area contributed by atoms with Crippen molar-refractivity contribution in [1.29, 1.82) is 0 Å². The highest BCUT2D eigenvalue weighted by molar-refractivity contribution is 4.92. The largest absolute Gasteiger partial charge is 0.349 e. The van der Waals surface area contributed by atoms with Crippen LogP contribution in [0.3, 0.4) is 0 Å². The van der Waals surface area contributed by atoms with Gasteiger partial charge in [-0.1, -0.05) is 7.43 Å². The Hall–Kier alpha value is -1.58. The maximum Gasteiger partial charge on any atom is 0.0921 e. The summed E-state index contributed by atoms with van der Waals surface area (Å²) in [5, 5.41) is 6.45. The molecule has 0 bridgehead atoms. The van der Waals surface area contributed by atoms with E-state index in [0.29, 0.717) is 0 Å². The molecule has 0 aliphatic carbocycles. The van der Waals surface area contributed by atoms with Crippen molar-refractivity contribution in [3.63, 3.8) is 0 Å². The summed E-state index contributed by atoms with van der Waals surface area (Å²) in [5.74, 6) is 0. The molecule has 4 heteroatoms. The number of hydrogen-bond donors (Lipinski definition) is 2. The molecular formula is C9H16N4. The fourth-order valence-corrected chi connectivity index (χ4v) is 0.651. The van der Waals surface area contributed by atoms with Crippen LogP contribution in [0.1, 0.15) is 18.8 Å². The minimum absolute atomic E-state index is 0. The molecule has 0 unspecified atom stereocenters. The van der Waals surface area contributed by atoms with Gasteiger partial charge in [0.2, 0.25) is 0 Å². The van der Waals surface area contributed by atoms with E-state index in [1.807, 2.05) is 19.9 Å². The number of aromatic nitrogens is 4. The third-order valence-electron chi connectivity index (χ3n) is 1.27. The monoisotopic (exact) mass is 180 g/mol. The number of nitrogens with zero attached hydrogens (tertiary/aromatic N) is 2. The van der Waals surface area contributed by atoms with E-state index < -0.39 is 0 Å². The minimum atomic E-state index is 0.